The molecule has 0 amide bonds. The van der Waals surface area contributed by atoms with Gasteiger partial charge in [-0.25, -0.2) is 0 Å². The van der Waals surface area contributed by atoms with Crippen LogP contribution in [-0.4, -0.2) is 4.98 Å². The van der Waals surface area contributed by atoms with E-state index in [9.17, 15) is 0 Å². The molecule has 3 rings (SSSR count). The first-order valence-electron chi connectivity index (χ1n) is 4.87. The maximum absolute atomic E-state index is 6.00. The standard InChI is InChI=1S/C13H10N2/c14-12-3-1-2-9-4-5-10-8-15-7-6-11(10)13(9)12/h1-8H,14H2. The van der Waals surface area contributed by atoms with Gasteiger partial charge in [-0.15, -0.1) is 0 Å². The van der Waals surface area contributed by atoms with Crippen LogP contribution in [0.4, 0.5) is 5.69 Å². The summed E-state index contributed by atoms with van der Waals surface area (Å²) < 4.78 is 0. The number of hydrogen-bond donors (Lipinski definition) is 1. The third-order valence-electron chi connectivity index (χ3n) is 2.69. The smallest absolute Gasteiger partial charge is 0.0400 e. The Bertz CT molecular complexity index is 644. The van der Waals surface area contributed by atoms with Crippen LogP contribution in [-0.2, 0) is 0 Å². The number of nitrogen functional groups attached to an aromatic ring is 1. The molecule has 2 N–H and O–H groups in total. The Morgan fingerprint density at radius 2 is 1.80 bits per heavy atom. The van der Waals surface area contributed by atoms with E-state index in [2.05, 4.69) is 23.2 Å². The van der Waals surface area contributed by atoms with Gasteiger partial charge in [0.05, 0.1) is 0 Å². The Morgan fingerprint density at radius 3 is 2.73 bits per heavy atom. The van der Waals surface area contributed by atoms with Crippen molar-refractivity contribution in [2.45, 2.75) is 0 Å². The molecule has 0 saturated heterocycles. The summed E-state index contributed by atoms with van der Waals surface area (Å²) in [7, 11) is 0. The van der Waals surface area contributed by atoms with E-state index in [4.69, 9.17) is 5.73 Å². The predicted molar refractivity (Wildman–Crippen MR) is 63.7 cm³/mol. The van der Waals surface area contributed by atoms with Crippen LogP contribution in [0.3, 0.4) is 0 Å². The normalized spacial score (nSPS) is 10.9. The summed E-state index contributed by atoms with van der Waals surface area (Å²) in [6.45, 7) is 0. The number of benzene rings is 2. The fourth-order valence-corrected chi connectivity index (χ4v) is 1.99. The molecule has 2 heteroatoms. The van der Waals surface area contributed by atoms with Crippen molar-refractivity contribution in [2.24, 2.45) is 0 Å². The molecule has 0 saturated carbocycles. The van der Waals surface area contributed by atoms with Gasteiger partial charge in [-0.05, 0) is 22.9 Å². The van der Waals surface area contributed by atoms with Crippen LogP contribution in [0.5, 0.6) is 0 Å². The Labute approximate surface area is 87.4 Å². The first kappa shape index (κ1) is 8.24. The van der Waals surface area contributed by atoms with Crippen LogP contribution in [0.1, 0.15) is 0 Å². The van der Waals surface area contributed by atoms with Crippen molar-refractivity contribution < 1.29 is 0 Å². The number of fused-ring (bicyclic) bond motifs is 3. The number of nitrogens with zero attached hydrogens (tertiary/aromatic N) is 1. The van der Waals surface area contributed by atoms with Crippen LogP contribution in [0.15, 0.2) is 48.8 Å². The number of rotatable bonds is 0. The molecule has 0 aliphatic rings. The van der Waals surface area contributed by atoms with Crippen LogP contribution < -0.4 is 5.73 Å². The van der Waals surface area contributed by atoms with Crippen LogP contribution in [0, 0.1) is 0 Å². The Kier molecular flexibility index (Phi) is 1.62. The minimum absolute atomic E-state index is 0.823. The van der Waals surface area contributed by atoms with E-state index in [0.29, 0.717) is 0 Å². The summed E-state index contributed by atoms with van der Waals surface area (Å²) in [5.74, 6) is 0. The van der Waals surface area contributed by atoms with Gasteiger partial charge in [0.15, 0.2) is 0 Å². The molecule has 1 aromatic heterocycles. The predicted octanol–water partition coefficient (Wildman–Crippen LogP) is 2.97. The third-order valence-corrected chi connectivity index (χ3v) is 2.69. The zero-order valence-corrected chi connectivity index (χ0v) is 8.14. The molecule has 0 atom stereocenters. The number of pyridine rings is 1. The highest BCUT2D eigenvalue weighted by Crippen LogP contribution is 2.28. The van der Waals surface area contributed by atoms with Crippen LogP contribution in [0.25, 0.3) is 21.5 Å². The molecule has 15 heavy (non-hydrogen) atoms. The van der Waals surface area contributed by atoms with E-state index < -0.39 is 0 Å². The second-order valence-electron chi connectivity index (χ2n) is 3.61. The summed E-state index contributed by atoms with van der Waals surface area (Å²) in [5, 5.41) is 4.59. The number of nitrogens with two attached hydrogens (primary N) is 1. The molecule has 0 spiro atoms. The van der Waals surface area contributed by atoms with Gasteiger partial charge >= 0.3 is 0 Å². The molecule has 0 radical (unpaired) electrons. The zero-order chi connectivity index (χ0) is 10.3. The highest BCUT2D eigenvalue weighted by atomic mass is 14.6. The minimum Gasteiger partial charge on any atom is -0.398 e. The van der Waals surface area contributed by atoms with Gasteiger partial charge in [-0.1, -0.05) is 24.3 Å². The molecule has 0 bridgehead atoms. The fourth-order valence-electron chi connectivity index (χ4n) is 1.99. The summed E-state index contributed by atoms with van der Waals surface area (Å²) in [4.78, 5) is 4.11. The zero-order valence-electron chi connectivity index (χ0n) is 8.14. The van der Waals surface area contributed by atoms with Crippen molar-refractivity contribution in [3.8, 4) is 0 Å². The van der Waals surface area contributed by atoms with E-state index in [0.717, 1.165) is 16.5 Å². The Balaban J connectivity index is 2.64. The molecule has 72 valence electrons. The van der Waals surface area contributed by atoms with E-state index in [1.807, 2.05) is 24.4 Å². The summed E-state index contributed by atoms with van der Waals surface area (Å²) in [6, 6.07) is 12.1. The first-order chi connectivity index (χ1) is 7.36. The topological polar surface area (TPSA) is 38.9 Å². The summed E-state index contributed by atoms with van der Waals surface area (Å²) in [6.07, 6.45) is 3.66. The van der Waals surface area contributed by atoms with Gasteiger partial charge in [-0.3, -0.25) is 4.98 Å². The van der Waals surface area contributed by atoms with Crippen molar-refractivity contribution in [2.75, 3.05) is 5.73 Å². The summed E-state index contributed by atoms with van der Waals surface area (Å²) in [5.41, 5.74) is 6.83. The fraction of sp³-hybridized carbons (Fsp3) is 0. The number of aromatic nitrogens is 1. The van der Waals surface area contributed by atoms with Gasteiger partial charge in [-0.2, -0.15) is 0 Å². The third kappa shape index (κ3) is 1.15. The van der Waals surface area contributed by atoms with E-state index >= 15 is 0 Å². The van der Waals surface area contributed by atoms with Crippen molar-refractivity contribution in [1.29, 1.82) is 0 Å². The second-order valence-corrected chi connectivity index (χ2v) is 3.61. The molecule has 0 unspecified atom stereocenters. The lowest BCUT2D eigenvalue weighted by molar-refractivity contribution is 1.37. The van der Waals surface area contributed by atoms with Crippen molar-refractivity contribution in [3.05, 3.63) is 48.8 Å². The molecule has 1 heterocycles. The average molecular weight is 194 g/mol. The highest BCUT2D eigenvalue weighted by Gasteiger charge is 2.02. The molecular formula is C13H10N2. The molecule has 0 fully saturated rings. The number of hydrogen-bond acceptors (Lipinski definition) is 2. The maximum Gasteiger partial charge on any atom is 0.0400 e. The van der Waals surface area contributed by atoms with Gasteiger partial charge in [0.25, 0.3) is 0 Å². The largest absolute Gasteiger partial charge is 0.398 e. The average Bonchev–Trinajstić information content (AvgIpc) is 2.29. The van der Waals surface area contributed by atoms with E-state index in [1.54, 1.807) is 6.20 Å². The van der Waals surface area contributed by atoms with Crippen LogP contribution in [0.2, 0.25) is 0 Å². The van der Waals surface area contributed by atoms with Gasteiger partial charge in [0.2, 0.25) is 0 Å². The van der Waals surface area contributed by atoms with Crippen molar-refractivity contribution in [3.63, 3.8) is 0 Å². The molecule has 0 aliphatic carbocycles. The summed E-state index contributed by atoms with van der Waals surface area (Å²) >= 11 is 0. The lowest BCUT2D eigenvalue weighted by Gasteiger charge is -2.05. The van der Waals surface area contributed by atoms with Gasteiger partial charge < -0.3 is 5.73 Å². The SMILES string of the molecule is Nc1cccc2ccc3cnccc3c12. The van der Waals surface area contributed by atoms with Crippen LogP contribution >= 0.6 is 0 Å². The lowest BCUT2D eigenvalue weighted by atomic mass is 10.0. The van der Waals surface area contributed by atoms with Gasteiger partial charge in [0.1, 0.15) is 0 Å². The lowest BCUT2D eigenvalue weighted by Crippen LogP contribution is -1.87. The van der Waals surface area contributed by atoms with E-state index in [1.165, 1.54) is 10.8 Å². The Morgan fingerprint density at radius 1 is 0.933 bits per heavy atom. The molecule has 3 aromatic rings. The monoisotopic (exact) mass is 194 g/mol. The quantitative estimate of drug-likeness (QED) is 0.441. The molecule has 0 aliphatic heterocycles. The minimum atomic E-state index is 0.823. The highest BCUT2D eigenvalue weighted by molar-refractivity contribution is 6.12. The van der Waals surface area contributed by atoms with Crippen molar-refractivity contribution in [1.82, 2.24) is 4.98 Å². The molecule has 2 nitrogen and oxygen atoms in total. The van der Waals surface area contributed by atoms with E-state index in [-0.39, 0.29) is 0 Å². The van der Waals surface area contributed by atoms with Gasteiger partial charge in [0, 0.05) is 28.9 Å². The second kappa shape index (κ2) is 2.95. The Hall–Kier alpha value is -2.09. The molecule has 2 aromatic carbocycles. The number of anilines is 1. The molecular weight excluding hydrogens is 184 g/mol. The van der Waals surface area contributed by atoms with Crippen molar-refractivity contribution >= 4 is 27.2 Å². The maximum atomic E-state index is 6.00. The first-order valence-corrected chi connectivity index (χ1v) is 4.87.